The fourth-order valence-electron chi connectivity index (χ4n) is 2.87. The first-order valence-corrected chi connectivity index (χ1v) is 8.07. The number of imidazole rings is 1. The first-order valence-electron chi connectivity index (χ1n) is 8.07. The van der Waals surface area contributed by atoms with Crippen LogP contribution in [0.4, 0.5) is 5.82 Å². The van der Waals surface area contributed by atoms with Gasteiger partial charge >= 0.3 is 0 Å². The van der Waals surface area contributed by atoms with Gasteiger partial charge < -0.3 is 10.2 Å². The molecule has 24 heavy (non-hydrogen) atoms. The molecule has 0 aromatic carbocycles. The van der Waals surface area contributed by atoms with Gasteiger partial charge in [0.1, 0.15) is 11.5 Å². The van der Waals surface area contributed by atoms with Gasteiger partial charge in [0.15, 0.2) is 0 Å². The van der Waals surface area contributed by atoms with E-state index in [0.29, 0.717) is 18.0 Å². The summed E-state index contributed by atoms with van der Waals surface area (Å²) in [4.78, 5) is 27.3. The topological polar surface area (TPSA) is 75.4 Å². The molecule has 122 valence electrons. The van der Waals surface area contributed by atoms with Crippen LogP contribution in [0.1, 0.15) is 28.9 Å². The number of carbonyl (C=O) groups excluding carboxylic acids is 1. The second-order valence-electron chi connectivity index (χ2n) is 5.85. The fraction of sp³-hybridized carbons (Fsp3) is 0.294. The van der Waals surface area contributed by atoms with Crippen molar-refractivity contribution < 1.29 is 4.79 Å². The molecule has 7 nitrogen and oxygen atoms in total. The monoisotopic (exact) mass is 322 g/mol. The third kappa shape index (κ3) is 2.92. The third-order valence-electron chi connectivity index (χ3n) is 4.16. The van der Waals surface area contributed by atoms with Gasteiger partial charge in [-0.25, -0.2) is 15.0 Å². The molecule has 0 unspecified atom stereocenters. The maximum atomic E-state index is 12.2. The number of pyridine rings is 1. The van der Waals surface area contributed by atoms with Crippen LogP contribution in [0.15, 0.2) is 43.0 Å². The summed E-state index contributed by atoms with van der Waals surface area (Å²) in [5, 5.41) is 2.87. The molecule has 1 aliphatic rings. The van der Waals surface area contributed by atoms with Crippen LogP contribution in [0.3, 0.4) is 0 Å². The Bertz CT molecular complexity index is 818. The Morgan fingerprint density at radius 1 is 1.21 bits per heavy atom. The largest absolute Gasteiger partial charge is 0.357 e. The molecule has 0 bridgehead atoms. The molecule has 1 saturated heterocycles. The summed E-state index contributed by atoms with van der Waals surface area (Å²) < 4.78 is 1.72. The van der Waals surface area contributed by atoms with Gasteiger partial charge in [0.05, 0.1) is 0 Å². The molecule has 7 heteroatoms. The predicted molar refractivity (Wildman–Crippen MR) is 89.8 cm³/mol. The normalized spacial score (nSPS) is 14.2. The highest BCUT2D eigenvalue weighted by molar-refractivity contribution is 5.92. The molecule has 1 amide bonds. The second-order valence-corrected chi connectivity index (χ2v) is 5.85. The maximum absolute atomic E-state index is 12.2. The van der Waals surface area contributed by atoms with Gasteiger partial charge in [-0.2, -0.15) is 0 Å². The Labute approximate surface area is 139 Å². The predicted octanol–water partition coefficient (Wildman–Crippen LogP) is 1.65. The number of rotatable bonds is 4. The van der Waals surface area contributed by atoms with E-state index in [4.69, 9.17) is 0 Å². The molecule has 3 aromatic heterocycles. The van der Waals surface area contributed by atoms with E-state index in [-0.39, 0.29) is 5.91 Å². The Kier molecular flexibility index (Phi) is 3.82. The molecule has 1 aliphatic heterocycles. The smallest absolute Gasteiger partial charge is 0.271 e. The second kappa shape index (κ2) is 6.27. The Balaban J connectivity index is 1.39. The summed E-state index contributed by atoms with van der Waals surface area (Å²) in [5.41, 5.74) is 1.32. The summed E-state index contributed by atoms with van der Waals surface area (Å²) in [6.07, 6.45) is 9.41. The number of nitrogens with zero attached hydrogens (tertiary/aromatic N) is 5. The number of fused-ring (bicyclic) bond motifs is 1. The van der Waals surface area contributed by atoms with Gasteiger partial charge in [-0.05, 0) is 30.5 Å². The van der Waals surface area contributed by atoms with Crippen LogP contribution >= 0.6 is 0 Å². The van der Waals surface area contributed by atoms with Crippen LogP contribution in [0.5, 0.6) is 0 Å². The molecule has 0 saturated carbocycles. The molecule has 4 heterocycles. The lowest BCUT2D eigenvalue weighted by Gasteiger charge is -2.16. The minimum absolute atomic E-state index is 0.218. The van der Waals surface area contributed by atoms with Gasteiger partial charge in [0, 0.05) is 44.4 Å². The summed E-state index contributed by atoms with van der Waals surface area (Å²) >= 11 is 0. The number of nitrogens with one attached hydrogen (secondary N) is 1. The molecule has 0 aliphatic carbocycles. The van der Waals surface area contributed by atoms with Crippen molar-refractivity contribution in [1.29, 1.82) is 0 Å². The van der Waals surface area contributed by atoms with Crippen LogP contribution in [-0.4, -0.2) is 38.3 Å². The summed E-state index contributed by atoms with van der Waals surface area (Å²) in [5.74, 6) is 1.30. The first kappa shape index (κ1) is 14.6. The quantitative estimate of drug-likeness (QED) is 0.790. The van der Waals surface area contributed by atoms with Crippen molar-refractivity contribution in [3.63, 3.8) is 0 Å². The molecule has 0 radical (unpaired) electrons. The summed E-state index contributed by atoms with van der Waals surface area (Å²) in [7, 11) is 0. The lowest BCUT2D eigenvalue weighted by atomic mass is 10.2. The van der Waals surface area contributed by atoms with Gasteiger partial charge in [0.25, 0.3) is 5.91 Å². The van der Waals surface area contributed by atoms with Crippen LogP contribution in [-0.2, 0) is 6.54 Å². The highest BCUT2D eigenvalue weighted by Crippen LogP contribution is 2.17. The molecular formula is C17H18N6O. The highest BCUT2D eigenvalue weighted by atomic mass is 16.1. The molecule has 1 fully saturated rings. The van der Waals surface area contributed by atoms with Gasteiger partial charge in [-0.15, -0.1) is 0 Å². The van der Waals surface area contributed by atoms with E-state index < -0.39 is 0 Å². The number of anilines is 1. The number of hydrogen-bond acceptors (Lipinski definition) is 5. The minimum Gasteiger partial charge on any atom is -0.357 e. The zero-order valence-corrected chi connectivity index (χ0v) is 13.2. The molecular weight excluding hydrogens is 304 g/mol. The van der Waals surface area contributed by atoms with Crippen molar-refractivity contribution in [3.05, 3.63) is 54.2 Å². The van der Waals surface area contributed by atoms with Gasteiger partial charge in [0.2, 0.25) is 5.78 Å². The fourth-order valence-corrected chi connectivity index (χ4v) is 2.87. The average Bonchev–Trinajstić information content (AvgIpc) is 3.29. The number of carbonyl (C=O) groups is 1. The summed E-state index contributed by atoms with van der Waals surface area (Å²) in [6, 6.07) is 5.82. The van der Waals surface area contributed by atoms with Crippen LogP contribution in [0.2, 0.25) is 0 Å². The SMILES string of the molecule is O=C(NCc1ccc(N2CCCC2)nc1)c1cn2cccnc2n1. The Hall–Kier alpha value is -2.96. The van der Waals surface area contributed by atoms with Gasteiger partial charge in [-0.1, -0.05) is 6.07 Å². The summed E-state index contributed by atoms with van der Waals surface area (Å²) in [6.45, 7) is 2.57. The molecule has 4 rings (SSSR count). The Morgan fingerprint density at radius 2 is 2.08 bits per heavy atom. The van der Waals surface area contributed by atoms with E-state index in [9.17, 15) is 4.79 Å². The zero-order valence-electron chi connectivity index (χ0n) is 13.2. The molecule has 0 atom stereocenters. The molecule has 1 N–H and O–H groups in total. The molecule has 3 aromatic rings. The first-order chi connectivity index (χ1) is 11.8. The highest BCUT2D eigenvalue weighted by Gasteiger charge is 2.14. The zero-order chi connectivity index (χ0) is 16.4. The van der Waals surface area contributed by atoms with E-state index in [2.05, 4.69) is 25.2 Å². The van der Waals surface area contributed by atoms with Crippen molar-refractivity contribution in [3.8, 4) is 0 Å². The van der Waals surface area contributed by atoms with Crippen molar-refractivity contribution in [1.82, 2.24) is 24.7 Å². The Morgan fingerprint density at radius 3 is 2.83 bits per heavy atom. The van der Waals surface area contributed by atoms with E-state index in [1.54, 1.807) is 22.9 Å². The standard InChI is InChI=1S/C17H18N6O/c24-16(14-12-23-9-3-6-18-17(23)21-14)20-11-13-4-5-15(19-10-13)22-7-1-2-8-22/h3-6,9-10,12H,1-2,7-8,11H2,(H,20,24). The average molecular weight is 322 g/mol. The lowest BCUT2D eigenvalue weighted by Crippen LogP contribution is -2.23. The van der Waals surface area contributed by atoms with Crippen LogP contribution in [0.25, 0.3) is 5.78 Å². The van der Waals surface area contributed by atoms with E-state index in [1.807, 2.05) is 24.5 Å². The van der Waals surface area contributed by atoms with Crippen molar-refractivity contribution in [2.45, 2.75) is 19.4 Å². The van der Waals surface area contributed by atoms with Crippen LogP contribution < -0.4 is 10.2 Å². The van der Waals surface area contributed by atoms with E-state index >= 15 is 0 Å². The van der Waals surface area contributed by atoms with Crippen molar-refractivity contribution in [2.75, 3.05) is 18.0 Å². The van der Waals surface area contributed by atoms with E-state index in [1.165, 1.54) is 12.8 Å². The number of aromatic nitrogens is 4. The maximum Gasteiger partial charge on any atom is 0.271 e. The molecule has 0 spiro atoms. The van der Waals surface area contributed by atoms with Crippen molar-refractivity contribution in [2.24, 2.45) is 0 Å². The number of hydrogen-bond donors (Lipinski definition) is 1. The van der Waals surface area contributed by atoms with Gasteiger partial charge in [-0.3, -0.25) is 9.20 Å². The lowest BCUT2D eigenvalue weighted by molar-refractivity contribution is 0.0946. The number of amides is 1. The van der Waals surface area contributed by atoms with E-state index in [0.717, 1.165) is 24.5 Å². The van der Waals surface area contributed by atoms with Crippen LogP contribution in [0, 0.1) is 0 Å². The third-order valence-corrected chi connectivity index (χ3v) is 4.16. The minimum atomic E-state index is -0.218. The van der Waals surface area contributed by atoms with Crippen molar-refractivity contribution >= 4 is 17.5 Å².